The van der Waals surface area contributed by atoms with Gasteiger partial charge in [0.05, 0.1) is 23.5 Å². The number of aromatic carboxylic acids is 1. The van der Waals surface area contributed by atoms with Crippen molar-refractivity contribution in [2.45, 2.75) is 13.0 Å². The number of imidazole rings is 1. The first-order chi connectivity index (χ1) is 15.4. The number of amides is 1. The van der Waals surface area contributed by atoms with E-state index < -0.39 is 5.97 Å². The summed E-state index contributed by atoms with van der Waals surface area (Å²) < 4.78 is 7.53. The van der Waals surface area contributed by atoms with E-state index in [1.54, 1.807) is 13.2 Å². The first-order valence-corrected chi connectivity index (χ1v) is 10.5. The number of carboxylic acids is 1. The smallest absolute Gasteiger partial charge is 0.231 e. The largest absolute Gasteiger partial charge is 0.545 e. The second-order valence-corrected chi connectivity index (χ2v) is 7.92. The fourth-order valence-corrected chi connectivity index (χ4v) is 4.09. The number of carbonyl (C=O) groups is 2. The fraction of sp³-hybridized carbons (Fsp3) is 0.348. The third-order valence-electron chi connectivity index (χ3n) is 5.84. The molecular weight excluding hydrogens is 410 g/mol. The van der Waals surface area contributed by atoms with Crippen molar-refractivity contribution in [3.63, 3.8) is 0 Å². The maximum Gasteiger partial charge on any atom is 0.231 e. The molecule has 0 saturated carbocycles. The molecule has 0 spiro atoms. The molecule has 1 saturated heterocycles. The highest BCUT2D eigenvalue weighted by Gasteiger charge is 2.21. The van der Waals surface area contributed by atoms with E-state index in [2.05, 4.69) is 26.9 Å². The number of aromatic nitrogens is 2. The number of methoxy groups -OCH3 is 1. The summed E-state index contributed by atoms with van der Waals surface area (Å²) >= 11 is 0. The van der Waals surface area contributed by atoms with Crippen molar-refractivity contribution in [1.29, 1.82) is 0 Å². The Morgan fingerprint density at radius 1 is 1.12 bits per heavy atom. The molecule has 1 atom stereocenters. The maximum absolute atomic E-state index is 11.3. The van der Waals surface area contributed by atoms with Crippen molar-refractivity contribution in [3.05, 3.63) is 53.9 Å². The third-order valence-corrected chi connectivity index (χ3v) is 5.84. The summed E-state index contributed by atoms with van der Waals surface area (Å²) in [7, 11) is 1.61. The minimum Gasteiger partial charge on any atom is -0.545 e. The molecule has 4 rings (SSSR count). The Morgan fingerprint density at radius 3 is 2.50 bits per heavy atom. The van der Waals surface area contributed by atoms with Crippen molar-refractivity contribution in [1.82, 2.24) is 14.5 Å². The zero-order valence-electron chi connectivity index (χ0n) is 18.2. The van der Waals surface area contributed by atoms with Crippen LogP contribution in [0.4, 0.5) is 5.69 Å². The highest BCUT2D eigenvalue weighted by Crippen LogP contribution is 2.29. The molecule has 1 aromatic heterocycles. The molecule has 1 unspecified atom stereocenters. The van der Waals surface area contributed by atoms with Gasteiger partial charge in [-0.25, -0.2) is 4.98 Å². The Balaban J connectivity index is 1.70. The van der Waals surface area contributed by atoms with Gasteiger partial charge in [-0.05, 0) is 42.8 Å². The first-order valence-electron chi connectivity index (χ1n) is 10.5. The normalized spacial score (nSPS) is 15.8. The quantitative estimate of drug-likeness (QED) is 0.579. The molecule has 1 aliphatic rings. The minimum absolute atomic E-state index is 0.0846. The molecular formula is C23H26N5O4-. The van der Waals surface area contributed by atoms with Gasteiger partial charge < -0.3 is 25.3 Å². The average Bonchev–Trinajstić information content (AvgIpc) is 3.17. The fourth-order valence-electron chi connectivity index (χ4n) is 4.09. The molecule has 2 aromatic carbocycles. The summed E-state index contributed by atoms with van der Waals surface area (Å²) in [4.78, 5) is 31.5. The molecule has 3 aromatic rings. The van der Waals surface area contributed by atoms with Crippen LogP contribution in [-0.4, -0.2) is 66.2 Å². The van der Waals surface area contributed by atoms with Crippen LogP contribution >= 0.6 is 0 Å². The zero-order valence-corrected chi connectivity index (χ0v) is 18.2. The van der Waals surface area contributed by atoms with E-state index in [0.29, 0.717) is 11.3 Å². The van der Waals surface area contributed by atoms with Gasteiger partial charge >= 0.3 is 0 Å². The molecule has 9 nitrogen and oxygen atoms in total. The summed E-state index contributed by atoms with van der Waals surface area (Å²) in [5, 5.41) is 11.3. The number of anilines is 1. The van der Waals surface area contributed by atoms with Crippen molar-refractivity contribution in [2.75, 3.05) is 44.7 Å². The predicted octanol–water partition coefficient (Wildman–Crippen LogP) is 0.704. The van der Waals surface area contributed by atoms with Crippen LogP contribution in [0, 0.1) is 0 Å². The Bertz CT molecular complexity index is 1150. The van der Waals surface area contributed by atoms with Gasteiger partial charge in [-0.2, -0.15) is 0 Å². The Kier molecular flexibility index (Phi) is 6.11. The summed E-state index contributed by atoms with van der Waals surface area (Å²) in [6.45, 7) is 5.29. The van der Waals surface area contributed by atoms with E-state index >= 15 is 0 Å². The molecule has 0 aliphatic carbocycles. The van der Waals surface area contributed by atoms with Crippen LogP contribution < -0.4 is 15.7 Å². The summed E-state index contributed by atoms with van der Waals surface area (Å²) in [5.41, 5.74) is 8.72. The lowest BCUT2D eigenvalue weighted by atomic mass is 10.2. The lowest BCUT2D eigenvalue weighted by Gasteiger charge is -2.35. The van der Waals surface area contributed by atoms with Gasteiger partial charge in [-0.1, -0.05) is 12.1 Å². The number of ether oxygens (including phenoxy) is 1. The Morgan fingerprint density at radius 2 is 1.84 bits per heavy atom. The number of hydrogen-bond donors (Lipinski definition) is 1. The highest BCUT2D eigenvalue weighted by atomic mass is 16.5. The monoisotopic (exact) mass is 436 g/mol. The van der Waals surface area contributed by atoms with Crippen LogP contribution in [0.5, 0.6) is 0 Å². The SMILES string of the molecule is COC(C)c1nc2cc(C(=O)[O-])ccc2n1-c1cccc(N2CCN(CC(N)=O)CC2)c1. The van der Waals surface area contributed by atoms with Crippen molar-refractivity contribution in [2.24, 2.45) is 5.73 Å². The molecule has 0 bridgehead atoms. The van der Waals surface area contributed by atoms with Gasteiger partial charge in [-0.15, -0.1) is 0 Å². The van der Waals surface area contributed by atoms with Crippen LogP contribution in [0.2, 0.25) is 0 Å². The topological polar surface area (TPSA) is 117 Å². The number of piperazine rings is 1. The summed E-state index contributed by atoms with van der Waals surface area (Å²) in [5.74, 6) is -0.865. The third kappa shape index (κ3) is 4.30. The number of fused-ring (bicyclic) bond motifs is 1. The molecule has 2 heterocycles. The van der Waals surface area contributed by atoms with Gasteiger partial charge in [0.15, 0.2) is 0 Å². The highest BCUT2D eigenvalue weighted by molar-refractivity contribution is 5.91. The number of nitrogens with two attached hydrogens (primary N) is 1. The lowest BCUT2D eigenvalue weighted by molar-refractivity contribution is -0.255. The number of carboxylic acid groups (broad SMARTS) is 1. The van der Waals surface area contributed by atoms with Gasteiger partial charge in [0, 0.05) is 44.7 Å². The molecule has 0 radical (unpaired) electrons. The average molecular weight is 436 g/mol. The van der Waals surface area contributed by atoms with E-state index in [1.807, 2.05) is 23.6 Å². The van der Waals surface area contributed by atoms with Gasteiger partial charge in [0.1, 0.15) is 11.9 Å². The number of nitrogens with zero attached hydrogens (tertiary/aromatic N) is 4. The van der Waals surface area contributed by atoms with Gasteiger partial charge in [-0.3, -0.25) is 14.3 Å². The molecule has 2 N–H and O–H groups in total. The minimum atomic E-state index is -1.24. The van der Waals surface area contributed by atoms with Gasteiger partial charge in [0.2, 0.25) is 5.91 Å². The molecule has 32 heavy (non-hydrogen) atoms. The molecule has 9 heteroatoms. The standard InChI is InChI=1S/C23H27N5O4/c1-15(32-2)22-25-19-12-16(23(30)31)6-7-20(19)28(22)18-5-3-4-17(13-18)27-10-8-26(9-11-27)14-21(24)29/h3-7,12-13,15H,8-11,14H2,1-2H3,(H2,24,29)(H,30,31)/p-1. The second-order valence-electron chi connectivity index (χ2n) is 7.92. The number of rotatable bonds is 7. The number of primary amides is 1. The molecule has 1 amide bonds. The Labute approximate surface area is 186 Å². The molecule has 1 aliphatic heterocycles. The van der Waals surface area contributed by atoms with Crippen LogP contribution in [0.1, 0.15) is 29.2 Å². The van der Waals surface area contributed by atoms with Crippen LogP contribution in [0.25, 0.3) is 16.7 Å². The summed E-state index contributed by atoms with van der Waals surface area (Å²) in [6.07, 6.45) is -0.296. The predicted molar refractivity (Wildman–Crippen MR) is 119 cm³/mol. The van der Waals surface area contributed by atoms with Crippen LogP contribution in [-0.2, 0) is 9.53 Å². The number of hydrogen-bond acceptors (Lipinski definition) is 7. The maximum atomic E-state index is 11.3. The van der Waals surface area contributed by atoms with Crippen molar-refractivity contribution < 1.29 is 19.4 Å². The van der Waals surface area contributed by atoms with Crippen LogP contribution in [0.3, 0.4) is 0 Å². The second kappa shape index (κ2) is 8.97. The molecule has 168 valence electrons. The first kappa shape index (κ1) is 21.8. The van der Waals surface area contributed by atoms with E-state index in [1.165, 1.54) is 12.1 Å². The zero-order chi connectivity index (χ0) is 22.8. The van der Waals surface area contributed by atoms with Gasteiger partial charge in [0.25, 0.3) is 0 Å². The Hall–Kier alpha value is -3.43. The van der Waals surface area contributed by atoms with Crippen molar-refractivity contribution >= 4 is 28.6 Å². The summed E-state index contributed by atoms with van der Waals surface area (Å²) in [6, 6.07) is 12.9. The van der Waals surface area contributed by atoms with Crippen molar-refractivity contribution in [3.8, 4) is 5.69 Å². The molecule has 1 fully saturated rings. The lowest BCUT2D eigenvalue weighted by Crippen LogP contribution is -2.48. The van der Waals surface area contributed by atoms with Crippen LogP contribution in [0.15, 0.2) is 42.5 Å². The van der Waals surface area contributed by atoms with E-state index in [-0.39, 0.29) is 24.1 Å². The van der Waals surface area contributed by atoms with E-state index in [0.717, 1.165) is 43.1 Å². The number of carbonyl (C=O) groups excluding carboxylic acids is 2. The van der Waals surface area contributed by atoms with E-state index in [4.69, 9.17) is 10.5 Å². The van der Waals surface area contributed by atoms with E-state index in [9.17, 15) is 14.7 Å². The number of benzene rings is 2.